The third-order valence-electron chi connectivity index (χ3n) is 3.83. The van der Waals surface area contributed by atoms with E-state index in [0.717, 1.165) is 19.4 Å². The topological polar surface area (TPSA) is 72.7 Å². The van der Waals surface area contributed by atoms with Crippen molar-refractivity contribution < 1.29 is 18.7 Å². The zero-order valence-electron chi connectivity index (χ0n) is 13.5. The van der Waals surface area contributed by atoms with Gasteiger partial charge in [-0.3, -0.25) is 9.59 Å². The molecule has 25 heavy (non-hydrogen) atoms. The highest BCUT2D eigenvalue weighted by molar-refractivity contribution is 7.07. The minimum absolute atomic E-state index is 0.0413. The predicted molar refractivity (Wildman–Crippen MR) is 90.6 cm³/mol. The van der Waals surface area contributed by atoms with Crippen molar-refractivity contribution >= 4 is 23.2 Å². The van der Waals surface area contributed by atoms with Crippen molar-refractivity contribution in [1.82, 2.24) is 9.88 Å². The van der Waals surface area contributed by atoms with E-state index in [2.05, 4.69) is 10.3 Å². The van der Waals surface area contributed by atoms with Gasteiger partial charge in [0.25, 0.3) is 5.91 Å². The average Bonchev–Trinajstić information content (AvgIpc) is 3.26. The van der Waals surface area contributed by atoms with Crippen molar-refractivity contribution in [2.45, 2.75) is 25.5 Å². The van der Waals surface area contributed by atoms with Crippen LogP contribution >= 0.6 is 11.3 Å². The molecule has 1 N–H and O–H groups in total. The van der Waals surface area contributed by atoms with E-state index in [1.807, 2.05) is 0 Å². The lowest BCUT2D eigenvalue weighted by Crippen LogP contribution is -2.35. The summed E-state index contributed by atoms with van der Waals surface area (Å²) >= 11 is 1.21. The molecule has 6 nitrogen and oxygen atoms in total. The van der Waals surface area contributed by atoms with Gasteiger partial charge in [0, 0.05) is 24.7 Å². The second-order valence-corrected chi connectivity index (χ2v) is 6.52. The number of hydrogen-bond acceptors (Lipinski definition) is 4. The van der Waals surface area contributed by atoms with Crippen LogP contribution in [0.4, 0.5) is 4.39 Å². The number of nitrogens with one attached hydrogen (secondary N) is 1. The number of carbonyl (C=O) groups excluding carboxylic acids is 2. The highest BCUT2D eigenvalue weighted by Crippen LogP contribution is 2.10. The summed E-state index contributed by atoms with van der Waals surface area (Å²) in [7, 11) is 0. The van der Waals surface area contributed by atoms with Crippen LogP contribution in [0.1, 0.15) is 23.2 Å². The summed E-state index contributed by atoms with van der Waals surface area (Å²) in [4.78, 5) is 28.5. The normalized spacial score (nSPS) is 17.6. The first-order chi connectivity index (χ1) is 12.1. The Morgan fingerprint density at radius 3 is 3.00 bits per heavy atom. The first-order valence-electron chi connectivity index (χ1n) is 7.99. The maximum Gasteiger partial charge on any atom is 0.282 e. The molecule has 0 radical (unpaired) electrons. The first-order valence-corrected chi connectivity index (χ1v) is 8.87. The Hall–Kier alpha value is -2.32. The number of nitrogens with zero attached hydrogens (tertiary/aromatic N) is 2. The van der Waals surface area contributed by atoms with E-state index in [9.17, 15) is 14.0 Å². The molecule has 1 aliphatic rings. The lowest BCUT2D eigenvalue weighted by atomic mass is 10.2. The fraction of sp³-hybridized carbons (Fsp3) is 0.353. The van der Waals surface area contributed by atoms with E-state index in [0.29, 0.717) is 11.3 Å². The van der Waals surface area contributed by atoms with Gasteiger partial charge in [0.1, 0.15) is 12.4 Å². The largest absolute Gasteiger partial charge is 0.376 e. The quantitative estimate of drug-likeness (QED) is 0.879. The number of benzene rings is 1. The number of amides is 2. The van der Waals surface area contributed by atoms with Crippen molar-refractivity contribution in [3.05, 3.63) is 52.0 Å². The number of rotatable bonds is 5. The van der Waals surface area contributed by atoms with Crippen LogP contribution in [-0.2, 0) is 16.1 Å². The molecule has 0 aliphatic carbocycles. The molecule has 1 saturated heterocycles. The van der Waals surface area contributed by atoms with Crippen LogP contribution in [0.2, 0.25) is 0 Å². The van der Waals surface area contributed by atoms with Crippen LogP contribution < -0.4 is 10.1 Å². The molecule has 8 heteroatoms. The Balaban J connectivity index is 1.66. The smallest absolute Gasteiger partial charge is 0.282 e. The summed E-state index contributed by atoms with van der Waals surface area (Å²) in [5, 5.41) is 4.54. The van der Waals surface area contributed by atoms with Gasteiger partial charge in [-0.1, -0.05) is 12.1 Å². The van der Waals surface area contributed by atoms with Crippen molar-refractivity contribution in [3.8, 4) is 0 Å². The minimum Gasteiger partial charge on any atom is -0.376 e. The number of hydrogen-bond donors (Lipinski definition) is 1. The third-order valence-corrected chi connectivity index (χ3v) is 4.62. The first kappa shape index (κ1) is 17.5. The molecule has 0 spiro atoms. The number of carbonyl (C=O) groups is 2. The van der Waals surface area contributed by atoms with E-state index in [1.54, 1.807) is 22.2 Å². The zero-order valence-corrected chi connectivity index (χ0v) is 14.3. The number of thiazole rings is 1. The van der Waals surface area contributed by atoms with Gasteiger partial charge >= 0.3 is 0 Å². The molecule has 2 amide bonds. The van der Waals surface area contributed by atoms with Crippen LogP contribution in [0, 0.1) is 5.82 Å². The van der Waals surface area contributed by atoms with Gasteiger partial charge in [-0.2, -0.15) is 4.99 Å². The number of halogens is 1. The third kappa shape index (κ3) is 4.61. The fourth-order valence-electron chi connectivity index (χ4n) is 2.53. The van der Waals surface area contributed by atoms with Gasteiger partial charge in [0.15, 0.2) is 4.80 Å². The Morgan fingerprint density at radius 1 is 1.40 bits per heavy atom. The average molecular weight is 363 g/mol. The van der Waals surface area contributed by atoms with Gasteiger partial charge in [-0.25, -0.2) is 4.39 Å². The maximum atomic E-state index is 13.7. The molecule has 1 aromatic carbocycles. The molecule has 3 rings (SSSR count). The van der Waals surface area contributed by atoms with Gasteiger partial charge in [-0.15, -0.1) is 11.3 Å². The molecule has 1 aromatic heterocycles. The molecule has 2 aromatic rings. The van der Waals surface area contributed by atoms with Crippen LogP contribution in [0.3, 0.4) is 0 Å². The molecule has 1 fully saturated rings. The summed E-state index contributed by atoms with van der Waals surface area (Å²) in [6.07, 6.45) is 3.71. The second-order valence-electron chi connectivity index (χ2n) is 5.65. The Bertz CT molecular complexity index is 824. The van der Waals surface area contributed by atoms with Gasteiger partial charge in [0.2, 0.25) is 5.91 Å². The Labute approximate surface area is 148 Å². The Kier molecular flexibility index (Phi) is 5.72. The lowest BCUT2D eigenvalue weighted by Gasteiger charge is -2.11. The van der Waals surface area contributed by atoms with Crippen molar-refractivity contribution in [2.24, 2.45) is 4.99 Å². The second kappa shape index (κ2) is 8.17. The minimum atomic E-state index is -0.672. The van der Waals surface area contributed by atoms with E-state index in [-0.39, 0.29) is 24.1 Å². The standard InChI is InChI=1S/C17H18FN3O3S/c18-14-6-2-1-5-13(14)16(23)20-17-21(7-9-25-17)11-15(22)19-10-12-4-3-8-24-12/h1-2,5-7,9,12H,3-4,8,10-11H2,(H,19,22)/t12-/m0/s1. The molecule has 1 atom stereocenters. The molecule has 132 valence electrons. The zero-order chi connectivity index (χ0) is 17.6. The lowest BCUT2D eigenvalue weighted by molar-refractivity contribution is -0.122. The van der Waals surface area contributed by atoms with E-state index in [4.69, 9.17) is 4.74 Å². The van der Waals surface area contributed by atoms with Gasteiger partial charge in [-0.05, 0) is 25.0 Å². The van der Waals surface area contributed by atoms with E-state index < -0.39 is 11.7 Å². The molecular formula is C17H18FN3O3S. The SMILES string of the molecule is O=C(Cn1ccsc1=NC(=O)c1ccccc1F)NC[C@@H]1CCCO1. The molecule has 0 bridgehead atoms. The van der Waals surface area contributed by atoms with E-state index >= 15 is 0 Å². The van der Waals surface area contributed by atoms with Gasteiger partial charge in [0.05, 0.1) is 11.7 Å². The van der Waals surface area contributed by atoms with Crippen molar-refractivity contribution in [1.29, 1.82) is 0 Å². The molecular weight excluding hydrogens is 345 g/mol. The van der Waals surface area contributed by atoms with Gasteiger partial charge < -0.3 is 14.6 Å². The predicted octanol–water partition coefficient (Wildman–Crippen LogP) is 1.72. The Morgan fingerprint density at radius 2 is 2.24 bits per heavy atom. The molecule has 0 unspecified atom stereocenters. The number of aromatic nitrogens is 1. The highest BCUT2D eigenvalue weighted by Gasteiger charge is 2.16. The van der Waals surface area contributed by atoms with Crippen LogP contribution in [-0.4, -0.2) is 35.6 Å². The summed E-state index contributed by atoms with van der Waals surface area (Å²) < 4.78 is 20.7. The van der Waals surface area contributed by atoms with Crippen LogP contribution in [0.15, 0.2) is 40.8 Å². The number of ether oxygens (including phenoxy) is 1. The summed E-state index contributed by atoms with van der Waals surface area (Å²) in [6.45, 7) is 1.25. The monoisotopic (exact) mass is 363 g/mol. The highest BCUT2D eigenvalue weighted by atomic mass is 32.1. The summed E-state index contributed by atoms with van der Waals surface area (Å²) in [6, 6.07) is 5.68. The van der Waals surface area contributed by atoms with Crippen LogP contribution in [0.25, 0.3) is 0 Å². The molecule has 2 heterocycles. The van der Waals surface area contributed by atoms with Crippen LogP contribution in [0.5, 0.6) is 0 Å². The molecule has 0 saturated carbocycles. The summed E-state index contributed by atoms with van der Waals surface area (Å²) in [5.74, 6) is -1.48. The van der Waals surface area contributed by atoms with E-state index in [1.165, 1.54) is 29.5 Å². The van der Waals surface area contributed by atoms with Crippen molar-refractivity contribution in [2.75, 3.05) is 13.2 Å². The molecule has 1 aliphatic heterocycles. The van der Waals surface area contributed by atoms with Crippen molar-refractivity contribution in [3.63, 3.8) is 0 Å². The maximum absolute atomic E-state index is 13.7. The fourth-order valence-corrected chi connectivity index (χ4v) is 3.26. The summed E-state index contributed by atoms with van der Waals surface area (Å²) in [5.41, 5.74) is -0.0923.